The molecule has 2 nitrogen and oxygen atoms in total. The van der Waals surface area contributed by atoms with Gasteiger partial charge in [-0.05, 0) is 25.8 Å². The molecular weight excluding hydrogens is 162 g/mol. The molecule has 1 saturated heterocycles. The highest BCUT2D eigenvalue weighted by Gasteiger charge is 2.27. The quantitative estimate of drug-likeness (QED) is 0.672. The smallest absolute Gasteiger partial charge is 0.0503 e. The average Bonchev–Trinajstić information content (AvgIpc) is 2.50. The highest BCUT2D eigenvalue weighted by molar-refractivity contribution is 4.81. The molecule has 1 fully saturated rings. The third kappa shape index (κ3) is 4.10. The number of hydrogen-bond donors (Lipinski definition) is 0. The van der Waals surface area contributed by atoms with Crippen LogP contribution in [0.1, 0.15) is 33.6 Å². The van der Waals surface area contributed by atoms with Gasteiger partial charge in [-0.2, -0.15) is 0 Å². The van der Waals surface area contributed by atoms with Crippen LogP contribution in [0.5, 0.6) is 0 Å². The van der Waals surface area contributed by atoms with Crippen molar-refractivity contribution >= 4 is 0 Å². The number of rotatable bonds is 3. The van der Waals surface area contributed by atoms with Crippen LogP contribution in [-0.2, 0) is 4.74 Å². The molecule has 13 heavy (non-hydrogen) atoms. The van der Waals surface area contributed by atoms with Crippen molar-refractivity contribution < 1.29 is 4.74 Å². The Labute approximate surface area is 83.3 Å². The predicted molar refractivity (Wildman–Crippen MR) is 58.0 cm³/mol. The molecule has 1 unspecified atom stereocenters. The monoisotopic (exact) mass is 187 g/mol. The summed E-state index contributed by atoms with van der Waals surface area (Å²) >= 11 is 0. The summed E-state index contributed by atoms with van der Waals surface area (Å²) in [7, 11) is 4.00. The van der Waals surface area contributed by atoms with Gasteiger partial charge in [0.25, 0.3) is 0 Å². The van der Waals surface area contributed by atoms with Gasteiger partial charge in [0.2, 0.25) is 0 Å². The largest absolute Gasteiger partial charge is 0.384 e. The molecule has 0 aromatic rings. The molecule has 0 aromatic carbocycles. The fourth-order valence-corrected chi connectivity index (χ4v) is 2.03. The Kier molecular flexibility index (Phi) is 7.29. The third-order valence-corrected chi connectivity index (χ3v) is 2.65. The van der Waals surface area contributed by atoms with Crippen LogP contribution < -0.4 is 0 Å². The maximum atomic E-state index is 5.14. The van der Waals surface area contributed by atoms with E-state index in [0.717, 1.165) is 18.6 Å². The molecule has 1 rings (SSSR count). The van der Waals surface area contributed by atoms with Crippen molar-refractivity contribution in [1.82, 2.24) is 4.90 Å². The number of methoxy groups -OCH3 is 1. The van der Waals surface area contributed by atoms with Gasteiger partial charge in [-0.25, -0.2) is 0 Å². The molecule has 2 atom stereocenters. The minimum Gasteiger partial charge on any atom is -0.384 e. The topological polar surface area (TPSA) is 12.5 Å². The summed E-state index contributed by atoms with van der Waals surface area (Å²) in [4.78, 5) is 2.45. The number of ether oxygens (including phenoxy) is 1. The summed E-state index contributed by atoms with van der Waals surface area (Å²) < 4.78 is 5.14. The molecule has 80 valence electrons. The lowest BCUT2D eigenvalue weighted by Gasteiger charge is -2.16. The summed E-state index contributed by atoms with van der Waals surface area (Å²) in [6, 6.07) is 0.801. The van der Waals surface area contributed by atoms with Crippen molar-refractivity contribution in [3.63, 3.8) is 0 Å². The molecule has 1 heterocycles. The van der Waals surface area contributed by atoms with Gasteiger partial charge >= 0.3 is 0 Å². The zero-order valence-corrected chi connectivity index (χ0v) is 9.84. The van der Waals surface area contributed by atoms with E-state index in [1.165, 1.54) is 19.4 Å². The highest BCUT2D eigenvalue weighted by atomic mass is 16.5. The molecule has 0 amide bonds. The van der Waals surface area contributed by atoms with Gasteiger partial charge in [0.1, 0.15) is 0 Å². The average molecular weight is 187 g/mol. The van der Waals surface area contributed by atoms with E-state index in [4.69, 9.17) is 4.74 Å². The van der Waals surface area contributed by atoms with Crippen molar-refractivity contribution in [2.24, 2.45) is 5.92 Å². The first-order valence-electron chi connectivity index (χ1n) is 5.47. The van der Waals surface area contributed by atoms with E-state index in [-0.39, 0.29) is 0 Å². The number of nitrogens with zero attached hydrogens (tertiary/aromatic N) is 1. The van der Waals surface area contributed by atoms with Crippen LogP contribution in [0, 0.1) is 5.92 Å². The van der Waals surface area contributed by atoms with Crippen LogP contribution in [0.4, 0.5) is 0 Å². The molecule has 0 aromatic heterocycles. The van der Waals surface area contributed by atoms with Crippen LogP contribution in [0.25, 0.3) is 0 Å². The molecule has 1 aliphatic heterocycles. The lowest BCUT2D eigenvalue weighted by molar-refractivity contribution is 0.155. The second-order valence-corrected chi connectivity index (χ2v) is 3.56. The van der Waals surface area contributed by atoms with E-state index in [2.05, 4.69) is 18.9 Å². The van der Waals surface area contributed by atoms with E-state index >= 15 is 0 Å². The van der Waals surface area contributed by atoms with Crippen LogP contribution in [0.3, 0.4) is 0 Å². The fraction of sp³-hybridized carbons (Fsp3) is 1.00. The molecule has 0 bridgehead atoms. The molecule has 1 aliphatic rings. The van der Waals surface area contributed by atoms with Gasteiger partial charge in [-0.3, -0.25) is 0 Å². The lowest BCUT2D eigenvalue weighted by atomic mass is 10.1. The molecule has 0 N–H and O–H groups in total. The van der Waals surface area contributed by atoms with Gasteiger partial charge in [-0.15, -0.1) is 0 Å². The zero-order valence-electron chi connectivity index (χ0n) is 9.84. The first-order valence-corrected chi connectivity index (χ1v) is 5.47. The summed E-state index contributed by atoms with van der Waals surface area (Å²) in [6.07, 6.45) is 2.59. The van der Waals surface area contributed by atoms with Crippen molar-refractivity contribution in [2.45, 2.75) is 39.7 Å². The third-order valence-electron chi connectivity index (χ3n) is 2.65. The first-order chi connectivity index (χ1) is 6.27. The Hall–Kier alpha value is -0.0800. The Morgan fingerprint density at radius 3 is 2.38 bits per heavy atom. The Morgan fingerprint density at radius 1 is 1.38 bits per heavy atom. The summed E-state index contributed by atoms with van der Waals surface area (Å²) in [5, 5.41) is 0. The maximum Gasteiger partial charge on any atom is 0.0503 e. The van der Waals surface area contributed by atoms with E-state index < -0.39 is 0 Å². The lowest BCUT2D eigenvalue weighted by Crippen LogP contribution is -2.24. The first kappa shape index (κ1) is 12.9. The van der Waals surface area contributed by atoms with Gasteiger partial charge in [0, 0.05) is 19.7 Å². The minimum absolute atomic E-state index is 0.773. The molecule has 2 heteroatoms. The number of hydrogen-bond acceptors (Lipinski definition) is 2. The van der Waals surface area contributed by atoms with Crippen LogP contribution in [0.15, 0.2) is 0 Å². The van der Waals surface area contributed by atoms with E-state index in [9.17, 15) is 0 Å². The predicted octanol–water partition coefficient (Wildman–Crippen LogP) is 2.39. The van der Waals surface area contributed by atoms with E-state index in [1.54, 1.807) is 7.11 Å². The standard InChI is InChI=1S/C9H19NO.C2H6/c1-4-9-5-8(7-11-3)6-10(9)2;1-2/h8-9H,4-7H2,1-3H3;1-2H3/t8?,9-;/m1./s1. The Morgan fingerprint density at radius 2 is 2.00 bits per heavy atom. The SMILES string of the molecule is CC.CC[C@@H]1CC(COC)CN1C. The molecule has 0 radical (unpaired) electrons. The van der Waals surface area contributed by atoms with Crippen molar-refractivity contribution in [3.8, 4) is 0 Å². The number of likely N-dealkylation sites (tertiary alicyclic amines) is 1. The normalized spacial score (nSPS) is 28.4. The highest BCUT2D eigenvalue weighted by Crippen LogP contribution is 2.23. The maximum absolute atomic E-state index is 5.14. The summed E-state index contributed by atoms with van der Waals surface area (Å²) in [5.74, 6) is 0.773. The molecule has 0 spiro atoms. The second-order valence-electron chi connectivity index (χ2n) is 3.56. The fourth-order valence-electron chi connectivity index (χ4n) is 2.03. The molecule has 0 saturated carbocycles. The summed E-state index contributed by atoms with van der Waals surface area (Å²) in [5.41, 5.74) is 0. The summed E-state index contributed by atoms with van der Waals surface area (Å²) in [6.45, 7) is 8.41. The molecule has 0 aliphatic carbocycles. The van der Waals surface area contributed by atoms with Gasteiger partial charge in [-0.1, -0.05) is 20.8 Å². The molecular formula is C11H25NO. The van der Waals surface area contributed by atoms with Crippen LogP contribution in [0.2, 0.25) is 0 Å². The second kappa shape index (κ2) is 7.34. The zero-order chi connectivity index (χ0) is 10.3. The van der Waals surface area contributed by atoms with Crippen molar-refractivity contribution in [1.29, 1.82) is 0 Å². The van der Waals surface area contributed by atoms with Crippen molar-refractivity contribution in [2.75, 3.05) is 27.3 Å². The van der Waals surface area contributed by atoms with Crippen LogP contribution in [-0.4, -0.2) is 38.3 Å². The van der Waals surface area contributed by atoms with E-state index in [1.807, 2.05) is 13.8 Å². The van der Waals surface area contributed by atoms with Crippen molar-refractivity contribution in [3.05, 3.63) is 0 Å². The van der Waals surface area contributed by atoms with Gasteiger partial charge < -0.3 is 9.64 Å². The Balaban J connectivity index is 0.000000671. The van der Waals surface area contributed by atoms with Gasteiger partial charge in [0.15, 0.2) is 0 Å². The van der Waals surface area contributed by atoms with Gasteiger partial charge in [0.05, 0.1) is 6.61 Å². The van der Waals surface area contributed by atoms with Crippen LogP contribution >= 0.6 is 0 Å². The Bertz CT molecular complexity index is 117. The van der Waals surface area contributed by atoms with E-state index in [0.29, 0.717) is 0 Å². The minimum atomic E-state index is 0.773.